The summed E-state index contributed by atoms with van der Waals surface area (Å²) >= 11 is 1.57. The van der Waals surface area contributed by atoms with Gasteiger partial charge in [0.2, 0.25) is 5.91 Å². The molecule has 18 heteroatoms. The number of hydrogen-bond donors (Lipinski definition) is 7. The number of fused-ring (bicyclic) bond motifs is 2. The maximum Gasteiger partial charge on any atom is 0.350 e. The predicted octanol–water partition coefficient (Wildman–Crippen LogP) is 4.70. The van der Waals surface area contributed by atoms with E-state index >= 15 is 0 Å². The summed E-state index contributed by atoms with van der Waals surface area (Å²) in [5.74, 6) is 1.56. The van der Waals surface area contributed by atoms with E-state index in [2.05, 4.69) is 30.5 Å². The highest BCUT2D eigenvalue weighted by Gasteiger charge is 2.42. The Morgan fingerprint density at radius 2 is 1.75 bits per heavy atom. The SMILES string of the molecule is C[C@H](Cn1cnc2c(N)ncnc21)OCP(=O)(O)O.Cc1c(O)cccc1C(=O)N[C@@H](CSc1ccccc1)[C@H](O)CN1C[C@H]2CCCC[C@H]2C[C@H]1C(=O)NC(C)(C)C. The number of β-amino-alcohol motifs (C(OH)–C–C–N with tert-alkyl or cyclic N) is 1. The molecule has 2 aliphatic rings. The van der Waals surface area contributed by atoms with Crippen molar-refractivity contribution in [3.63, 3.8) is 0 Å². The number of carbonyl (C=O) groups is 2. The molecule has 1 saturated carbocycles. The van der Waals surface area contributed by atoms with E-state index in [1.807, 2.05) is 51.1 Å². The Hall–Kier alpha value is -4.09. The molecule has 6 rings (SSSR count). The van der Waals surface area contributed by atoms with E-state index in [-0.39, 0.29) is 35.0 Å². The number of aromatic hydroxyl groups is 1. The van der Waals surface area contributed by atoms with Gasteiger partial charge in [0.1, 0.15) is 23.9 Å². The highest BCUT2D eigenvalue weighted by atomic mass is 32.2. The van der Waals surface area contributed by atoms with Crippen LogP contribution in [-0.4, -0.2) is 111 Å². The minimum absolute atomic E-state index is 0.0124. The second-order valence-corrected chi connectivity index (χ2v) is 19.3. The Balaban J connectivity index is 0.000000290. The molecular weight excluding hydrogens is 796 g/mol. The molecule has 3 heterocycles. The van der Waals surface area contributed by atoms with Gasteiger partial charge in [-0.25, -0.2) is 15.0 Å². The number of phenolic OH excluding ortho intramolecular Hbond substituents is 1. The second-order valence-electron chi connectivity index (χ2n) is 16.6. The quantitative estimate of drug-likeness (QED) is 0.0673. The van der Waals surface area contributed by atoms with Gasteiger partial charge in [0, 0.05) is 40.4 Å². The number of anilines is 1. The number of thioether (sulfide) groups is 1. The predicted molar refractivity (Wildman–Crippen MR) is 228 cm³/mol. The van der Waals surface area contributed by atoms with Crippen molar-refractivity contribution >= 4 is 48.2 Å². The molecule has 59 heavy (non-hydrogen) atoms. The normalized spacial score (nSPS) is 20.1. The molecule has 2 fully saturated rings. The Labute approximate surface area is 349 Å². The molecule has 8 N–H and O–H groups in total. The number of aromatic nitrogens is 4. The number of likely N-dealkylation sites (tertiary alicyclic amines) is 1. The molecule has 322 valence electrons. The van der Waals surface area contributed by atoms with Crippen LogP contribution >= 0.6 is 19.4 Å². The van der Waals surface area contributed by atoms with E-state index in [1.165, 1.54) is 25.5 Å². The summed E-state index contributed by atoms with van der Waals surface area (Å²) < 4.78 is 17.5. The van der Waals surface area contributed by atoms with Crippen molar-refractivity contribution in [3.8, 4) is 5.75 Å². The molecular formula is C41H59N8O8PS. The van der Waals surface area contributed by atoms with E-state index in [0.29, 0.717) is 53.0 Å². The number of amides is 2. The Bertz CT molecular complexity index is 2060. The highest BCUT2D eigenvalue weighted by Crippen LogP contribution is 2.39. The van der Waals surface area contributed by atoms with Crippen molar-refractivity contribution in [3.05, 3.63) is 72.3 Å². The number of ether oxygens (including phenoxy) is 1. The van der Waals surface area contributed by atoms with Crippen molar-refractivity contribution in [2.24, 2.45) is 11.8 Å². The Morgan fingerprint density at radius 3 is 2.44 bits per heavy atom. The van der Waals surface area contributed by atoms with E-state index in [0.717, 1.165) is 30.7 Å². The van der Waals surface area contributed by atoms with E-state index in [9.17, 15) is 24.4 Å². The third kappa shape index (κ3) is 13.5. The van der Waals surface area contributed by atoms with Gasteiger partial charge in [-0.2, -0.15) is 0 Å². The standard InChI is InChI=1S/C32H45N3O4S.C9H14N5O4P/c1-21-25(15-10-16-28(21)36)30(38)33-26(20-40-24-13-6-5-7-14-24)29(37)19-35-18-23-12-9-8-11-22(23)17-27(35)31(39)34-32(2,3)4;1-6(18-5-19(15,16)17)2-14-4-13-7-8(10)11-3-12-9(7)14/h5-7,10,13-16,22-23,26-27,29,36-37H,8-9,11-12,17-20H2,1-4H3,(H,33,38)(H,34,39);3-4,6H,2,5H2,1H3,(H2,10,11,12)(H2,15,16,17)/t22-,23+,26-,27-,29+;6-/m01/s1. The van der Waals surface area contributed by atoms with Gasteiger partial charge in [-0.1, -0.05) is 43.5 Å². The molecule has 0 spiro atoms. The first-order valence-electron chi connectivity index (χ1n) is 20.0. The van der Waals surface area contributed by atoms with Crippen molar-refractivity contribution in [2.45, 2.75) is 108 Å². The van der Waals surface area contributed by atoms with Crippen molar-refractivity contribution < 1.29 is 38.9 Å². The fraction of sp³-hybridized carbons (Fsp3) is 0.537. The number of piperidine rings is 1. The first-order chi connectivity index (χ1) is 27.9. The zero-order valence-electron chi connectivity index (χ0n) is 34.4. The number of carbonyl (C=O) groups excluding carboxylic acids is 2. The fourth-order valence-corrected chi connectivity index (χ4v) is 9.12. The molecule has 0 bridgehead atoms. The monoisotopic (exact) mass is 854 g/mol. The average Bonchev–Trinajstić information content (AvgIpc) is 3.59. The Kier molecular flexibility index (Phi) is 15.9. The summed E-state index contributed by atoms with van der Waals surface area (Å²) in [5, 5.41) is 28.0. The summed E-state index contributed by atoms with van der Waals surface area (Å²) in [6.45, 7) is 10.8. The van der Waals surface area contributed by atoms with Crippen LogP contribution in [-0.2, 0) is 20.6 Å². The van der Waals surface area contributed by atoms with Crippen molar-refractivity contribution in [1.29, 1.82) is 0 Å². The first kappa shape index (κ1) is 46.0. The summed E-state index contributed by atoms with van der Waals surface area (Å²) in [5.41, 5.74) is 7.24. The summed E-state index contributed by atoms with van der Waals surface area (Å²) in [6, 6.07) is 13.9. The van der Waals surface area contributed by atoms with Crippen molar-refractivity contribution in [2.75, 3.05) is 30.9 Å². The van der Waals surface area contributed by atoms with Gasteiger partial charge in [0.05, 0.1) is 37.2 Å². The number of rotatable bonds is 14. The van der Waals surface area contributed by atoms with Gasteiger partial charge in [0.25, 0.3) is 5.91 Å². The number of imidazole rings is 1. The van der Waals surface area contributed by atoms with Crippen LogP contribution in [0.5, 0.6) is 5.75 Å². The lowest BCUT2D eigenvalue weighted by Crippen LogP contribution is -2.60. The van der Waals surface area contributed by atoms with Gasteiger partial charge in [-0.05, 0) is 83.6 Å². The van der Waals surface area contributed by atoms with Crippen LogP contribution in [0.1, 0.15) is 75.7 Å². The molecule has 6 atom stereocenters. The topological polar surface area (TPSA) is 238 Å². The van der Waals surface area contributed by atoms with Crippen LogP contribution in [0, 0.1) is 18.8 Å². The highest BCUT2D eigenvalue weighted by molar-refractivity contribution is 7.99. The second kappa shape index (κ2) is 20.4. The first-order valence-corrected chi connectivity index (χ1v) is 22.8. The number of hydrogen-bond acceptors (Lipinski definition) is 12. The fourth-order valence-electron chi connectivity index (χ4n) is 7.65. The lowest BCUT2D eigenvalue weighted by atomic mass is 9.72. The third-order valence-electron chi connectivity index (χ3n) is 10.6. The lowest BCUT2D eigenvalue weighted by Gasteiger charge is -2.47. The molecule has 1 aliphatic carbocycles. The van der Waals surface area contributed by atoms with Gasteiger partial charge < -0.3 is 45.7 Å². The zero-order chi connectivity index (χ0) is 42.9. The average molecular weight is 855 g/mol. The molecule has 0 unspecified atom stereocenters. The van der Waals surface area contributed by atoms with Crippen LogP contribution in [0.25, 0.3) is 11.2 Å². The van der Waals surface area contributed by atoms with Crippen LogP contribution in [0.3, 0.4) is 0 Å². The van der Waals surface area contributed by atoms with E-state index < -0.39 is 32.2 Å². The van der Waals surface area contributed by atoms with Gasteiger partial charge in [0.15, 0.2) is 11.5 Å². The number of aliphatic hydroxyl groups excluding tert-OH is 1. The molecule has 1 saturated heterocycles. The number of nitrogen functional groups attached to an aromatic ring is 1. The molecule has 0 radical (unpaired) electrons. The third-order valence-corrected chi connectivity index (χ3v) is 12.3. The number of nitrogens with one attached hydrogen (secondary N) is 2. The number of aliphatic hydroxyl groups is 1. The Morgan fingerprint density at radius 1 is 1.03 bits per heavy atom. The van der Waals surface area contributed by atoms with Crippen LogP contribution in [0.4, 0.5) is 5.82 Å². The molecule has 2 aromatic carbocycles. The molecule has 2 aromatic heterocycles. The summed E-state index contributed by atoms with van der Waals surface area (Å²) in [4.78, 5) is 59.4. The maximum atomic E-state index is 13.5. The van der Waals surface area contributed by atoms with E-state index in [4.69, 9.17) is 20.3 Å². The zero-order valence-corrected chi connectivity index (χ0v) is 36.1. The lowest BCUT2D eigenvalue weighted by molar-refractivity contribution is -0.132. The minimum Gasteiger partial charge on any atom is -0.508 e. The molecule has 16 nitrogen and oxygen atoms in total. The smallest absolute Gasteiger partial charge is 0.350 e. The number of nitrogens with two attached hydrogens (primary N) is 1. The van der Waals surface area contributed by atoms with Gasteiger partial charge in [-0.3, -0.25) is 19.1 Å². The minimum atomic E-state index is -4.16. The van der Waals surface area contributed by atoms with Crippen LogP contribution < -0.4 is 16.4 Å². The van der Waals surface area contributed by atoms with Gasteiger partial charge in [-0.15, -0.1) is 11.8 Å². The number of nitrogens with zero attached hydrogens (tertiary/aromatic N) is 5. The van der Waals surface area contributed by atoms with E-state index in [1.54, 1.807) is 48.4 Å². The molecule has 1 aliphatic heterocycles. The molecule has 2 amide bonds. The largest absolute Gasteiger partial charge is 0.508 e. The van der Waals surface area contributed by atoms with Crippen molar-refractivity contribution in [1.82, 2.24) is 35.1 Å². The maximum absolute atomic E-state index is 13.5. The van der Waals surface area contributed by atoms with Crippen LogP contribution in [0.2, 0.25) is 0 Å². The van der Waals surface area contributed by atoms with Crippen LogP contribution in [0.15, 0.2) is 66.1 Å². The molecule has 4 aromatic rings. The van der Waals surface area contributed by atoms with Gasteiger partial charge >= 0.3 is 7.60 Å². The summed E-state index contributed by atoms with van der Waals surface area (Å²) in [7, 11) is -4.16. The number of benzene rings is 2. The number of phenols is 1. The summed E-state index contributed by atoms with van der Waals surface area (Å²) in [6.07, 6.45) is 6.52.